The lowest BCUT2D eigenvalue weighted by Gasteiger charge is -2.16. The lowest BCUT2D eigenvalue weighted by atomic mass is 10.1. The van der Waals surface area contributed by atoms with Gasteiger partial charge in [0, 0.05) is 31.1 Å². The van der Waals surface area contributed by atoms with Gasteiger partial charge in [0.05, 0.1) is 6.04 Å². The predicted octanol–water partition coefficient (Wildman–Crippen LogP) is 0.638. The smallest absolute Gasteiger partial charge is 0.251 e. The number of hydrogen-bond acceptors (Lipinski definition) is 3. The van der Waals surface area contributed by atoms with E-state index in [9.17, 15) is 9.59 Å². The Bertz CT molecular complexity index is 522. The Balaban J connectivity index is 1.59. The number of nitrogens with one attached hydrogen (secondary N) is 1. The van der Waals surface area contributed by atoms with Crippen molar-refractivity contribution in [3.63, 3.8) is 0 Å². The minimum absolute atomic E-state index is 0.0650. The van der Waals surface area contributed by atoms with Crippen LogP contribution in [-0.4, -0.2) is 35.3 Å². The molecule has 1 aromatic carbocycles. The van der Waals surface area contributed by atoms with Crippen LogP contribution in [0.4, 0.5) is 0 Å². The maximum atomic E-state index is 12.1. The Morgan fingerprint density at radius 3 is 2.60 bits per heavy atom. The molecule has 1 aliphatic carbocycles. The van der Waals surface area contributed by atoms with E-state index in [2.05, 4.69) is 5.32 Å². The van der Waals surface area contributed by atoms with E-state index in [1.54, 1.807) is 12.1 Å². The lowest BCUT2D eigenvalue weighted by molar-refractivity contribution is -0.128. The quantitative estimate of drug-likeness (QED) is 0.845. The van der Waals surface area contributed by atoms with Crippen molar-refractivity contribution in [3.05, 3.63) is 35.4 Å². The first-order chi connectivity index (χ1) is 9.67. The molecule has 1 saturated heterocycles. The van der Waals surface area contributed by atoms with E-state index in [0.717, 1.165) is 18.4 Å². The second-order valence-electron chi connectivity index (χ2n) is 5.55. The molecule has 1 aromatic rings. The van der Waals surface area contributed by atoms with Crippen LogP contribution < -0.4 is 11.1 Å². The summed E-state index contributed by atoms with van der Waals surface area (Å²) in [7, 11) is 0. The predicted molar refractivity (Wildman–Crippen MR) is 74.9 cm³/mol. The van der Waals surface area contributed by atoms with Crippen molar-refractivity contribution in [2.24, 2.45) is 5.73 Å². The normalized spacial score (nSPS) is 22.1. The van der Waals surface area contributed by atoms with Crippen LogP contribution >= 0.6 is 0 Å². The monoisotopic (exact) mass is 273 g/mol. The molecule has 2 amide bonds. The number of hydrogen-bond donors (Lipinski definition) is 2. The highest BCUT2D eigenvalue weighted by molar-refractivity contribution is 5.95. The van der Waals surface area contributed by atoms with Crippen molar-refractivity contribution in [1.29, 1.82) is 0 Å². The van der Waals surface area contributed by atoms with E-state index in [0.29, 0.717) is 31.1 Å². The topological polar surface area (TPSA) is 75.4 Å². The number of nitrogens with zero attached hydrogens (tertiary/aromatic N) is 1. The molecule has 3 N–H and O–H groups in total. The van der Waals surface area contributed by atoms with Gasteiger partial charge in [-0.1, -0.05) is 12.1 Å². The van der Waals surface area contributed by atoms with Gasteiger partial charge in [-0.3, -0.25) is 9.59 Å². The van der Waals surface area contributed by atoms with Crippen LogP contribution in [0.1, 0.15) is 35.2 Å². The fraction of sp³-hybridized carbons (Fsp3) is 0.467. The van der Waals surface area contributed by atoms with Crippen LogP contribution in [-0.2, 0) is 11.3 Å². The number of carbonyl (C=O) groups is 2. The molecule has 2 aliphatic rings. The van der Waals surface area contributed by atoms with Crippen molar-refractivity contribution < 1.29 is 9.59 Å². The van der Waals surface area contributed by atoms with Crippen LogP contribution in [0, 0.1) is 0 Å². The van der Waals surface area contributed by atoms with Crippen LogP contribution in [0.5, 0.6) is 0 Å². The molecule has 5 nitrogen and oxygen atoms in total. The van der Waals surface area contributed by atoms with Gasteiger partial charge in [0.2, 0.25) is 5.91 Å². The molecule has 0 radical (unpaired) electrons. The zero-order valence-electron chi connectivity index (χ0n) is 11.3. The van der Waals surface area contributed by atoms with Gasteiger partial charge in [-0.25, -0.2) is 0 Å². The van der Waals surface area contributed by atoms with Gasteiger partial charge < -0.3 is 16.0 Å². The summed E-state index contributed by atoms with van der Waals surface area (Å²) in [6.07, 6.45) is 2.63. The Kier molecular flexibility index (Phi) is 3.44. The molecular formula is C15H19N3O2. The van der Waals surface area contributed by atoms with Crippen LogP contribution in [0.2, 0.25) is 0 Å². The van der Waals surface area contributed by atoms with E-state index in [1.807, 2.05) is 17.0 Å². The van der Waals surface area contributed by atoms with Crippen LogP contribution in [0.25, 0.3) is 0 Å². The van der Waals surface area contributed by atoms with E-state index in [4.69, 9.17) is 5.73 Å². The van der Waals surface area contributed by atoms with Gasteiger partial charge in [0.1, 0.15) is 0 Å². The van der Waals surface area contributed by atoms with E-state index >= 15 is 0 Å². The van der Waals surface area contributed by atoms with Crippen LogP contribution in [0.15, 0.2) is 24.3 Å². The summed E-state index contributed by atoms with van der Waals surface area (Å²) in [5, 5.41) is 2.94. The molecule has 1 saturated carbocycles. The molecule has 5 heteroatoms. The summed E-state index contributed by atoms with van der Waals surface area (Å²) >= 11 is 0. The number of rotatable bonds is 4. The Hall–Kier alpha value is -1.88. The third kappa shape index (κ3) is 2.67. The molecular weight excluding hydrogens is 254 g/mol. The summed E-state index contributed by atoms with van der Waals surface area (Å²) in [6, 6.07) is 7.61. The SMILES string of the molecule is NCc1ccc(C(=O)NC2CC(=O)N(C3CC3)C2)cc1. The molecule has 20 heavy (non-hydrogen) atoms. The van der Waals surface area contributed by atoms with Crippen molar-refractivity contribution >= 4 is 11.8 Å². The average Bonchev–Trinajstić information content (AvgIpc) is 3.23. The molecule has 1 unspecified atom stereocenters. The summed E-state index contributed by atoms with van der Waals surface area (Å²) in [6.45, 7) is 1.12. The largest absolute Gasteiger partial charge is 0.347 e. The third-order valence-electron chi connectivity index (χ3n) is 3.93. The summed E-state index contributed by atoms with van der Waals surface area (Å²) in [5.74, 6) is 0.0419. The fourth-order valence-electron chi connectivity index (χ4n) is 2.63. The standard InChI is InChI=1S/C15H19N3O2/c16-8-10-1-3-11(4-2-10)15(20)17-12-7-14(19)18(9-12)13-5-6-13/h1-4,12-13H,5-9,16H2,(H,17,20). The molecule has 1 heterocycles. The van der Waals surface area contributed by atoms with Gasteiger partial charge in [0.15, 0.2) is 0 Å². The Morgan fingerprint density at radius 1 is 1.30 bits per heavy atom. The number of benzene rings is 1. The van der Waals surface area contributed by atoms with E-state index in [1.165, 1.54) is 0 Å². The van der Waals surface area contributed by atoms with Gasteiger partial charge in [0.25, 0.3) is 5.91 Å². The minimum Gasteiger partial charge on any atom is -0.347 e. The van der Waals surface area contributed by atoms with Gasteiger partial charge in [-0.05, 0) is 30.5 Å². The number of carbonyl (C=O) groups excluding carboxylic acids is 2. The average molecular weight is 273 g/mol. The molecule has 0 bridgehead atoms. The fourth-order valence-corrected chi connectivity index (χ4v) is 2.63. The lowest BCUT2D eigenvalue weighted by Crippen LogP contribution is -2.37. The second kappa shape index (κ2) is 5.25. The first-order valence-corrected chi connectivity index (χ1v) is 7.06. The Labute approximate surface area is 118 Å². The highest BCUT2D eigenvalue weighted by Gasteiger charge is 2.39. The van der Waals surface area contributed by atoms with Crippen molar-refractivity contribution in [3.8, 4) is 0 Å². The zero-order valence-corrected chi connectivity index (χ0v) is 11.3. The molecule has 2 fully saturated rings. The number of amides is 2. The number of likely N-dealkylation sites (tertiary alicyclic amines) is 1. The molecule has 1 aliphatic heterocycles. The van der Waals surface area contributed by atoms with Gasteiger partial charge in [-0.15, -0.1) is 0 Å². The van der Waals surface area contributed by atoms with Crippen molar-refractivity contribution in [1.82, 2.24) is 10.2 Å². The maximum absolute atomic E-state index is 12.1. The first-order valence-electron chi connectivity index (χ1n) is 7.06. The Morgan fingerprint density at radius 2 is 2.00 bits per heavy atom. The maximum Gasteiger partial charge on any atom is 0.251 e. The minimum atomic E-state index is -0.121. The highest BCUT2D eigenvalue weighted by atomic mass is 16.2. The molecule has 3 rings (SSSR count). The summed E-state index contributed by atoms with van der Waals surface area (Å²) < 4.78 is 0. The molecule has 1 atom stereocenters. The number of nitrogens with two attached hydrogens (primary N) is 1. The zero-order chi connectivity index (χ0) is 14.1. The third-order valence-corrected chi connectivity index (χ3v) is 3.93. The van der Waals surface area contributed by atoms with Gasteiger partial charge >= 0.3 is 0 Å². The molecule has 0 aromatic heterocycles. The van der Waals surface area contributed by atoms with Crippen molar-refractivity contribution in [2.45, 2.75) is 37.9 Å². The molecule has 106 valence electrons. The first kappa shape index (κ1) is 13.1. The summed E-state index contributed by atoms with van der Waals surface area (Å²) in [4.78, 5) is 25.9. The summed E-state index contributed by atoms with van der Waals surface area (Å²) in [5.41, 5.74) is 7.14. The highest BCUT2D eigenvalue weighted by Crippen LogP contribution is 2.30. The van der Waals surface area contributed by atoms with Gasteiger partial charge in [-0.2, -0.15) is 0 Å². The van der Waals surface area contributed by atoms with E-state index in [-0.39, 0.29) is 17.9 Å². The van der Waals surface area contributed by atoms with Crippen LogP contribution in [0.3, 0.4) is 0 Å². The van der Waals surface area contributed by atoms with Crippen molar-refractivity contribution in [2.75, 3.05) is 6.54 Å². The molecule has 0 spiro atoms. The van der Waals surface area contributed by atoms with E-state index < -0.39 is 0 Å². The second-order valence-corrected chi connectivity index (χ2v) is 5.55.